The first-order chi connectivity index (χ1) is 8.02. The van der Waals surface area contributed by atoms with E-state index in [2.05, 4.69) is 53.0 Å². The number of pyridine rings is 1. The third-order valence-corrected chi connectivity index (χ3v) is 3.72. The number of hydrogen-bond acceptors (Lipinski definition) is 2. The number of methoxy groups -OCH3 is 1. The second kappa shape index (κ2) is 4.65. The first-order valence-electron chi connectivity index (χ1n) is 5.67. The molecule has 2 aromatic rings. The Morgan fingerprint density at radius 3 is 2.53 bits per heavy atom. The Labute approximate surface area is 110 Å². The average Bonchev–Trinajstić information content (AvgIpc) is 2.29. The summed E-state index contributed by atoms with van der Waals surface area (Å²) >= 11 is 3.52. The van der Waals surface area contributed by atoms with Gasteiger partial charge < -0.3 is 4.74 Å². The van der Waals surface area contributed by atoms with Crippen LogP contribution < -0.4 is 4.74 Å². The fraction of sp³-hybridized carbons (Fsp3) is 0.357. The van der Waals surface area contributed by atoms with Gasteiger partial charge in [-0.15, -0.1) is 0 Å². The molecule has 0 amide bonds. The summed E-state index contributed by atoms with van der Waals surface area (Å²) in [5.41, 5.74) is 3.18. The lowest BCUT2D eigenvalue weighted by Gasteiger charge is -2.12. The lowest BCUT2D eigenvalue weighted by molar-refractivity contribution is 0.418. The molecule has 0 unspecified atom stereocenters. The number of nitrogens with zero attached hydrogens (tertiary/aromatic N) is 1. The summed E-state index contributed by atoms with van der Waals surface area (Å²) in [6.45, 7) is 6.34. The molecule has 0 aliphatic heterocycles. The van der Waals surface area contributed by atoms with Crippen LogP contribution in [0.3, 0.4) is 0 Å². The Hall–Kier alpha value is -1.09. The van der Waals surface area contributed by atoms with Crippen molar-refractivity contribution in [2.75, 3.05) is 7.11 Å². The first kappa shape index (κ1) is 12.4. The van der Waals surface area contributed by atoms with Crippen molar-refractivity contribution in [1.29, 1.82) is 0 Å². The smallest absolute Gasteiger partial charge is 0.145 e. The Balaban J connectivity index is 2.78. The van der Waals surface area contributed by atoms with Crippen LogP contribution in [0.4, 0.5) is 0 Å². The van der Waals surface area contributed by atoms with Gasteiger partial charge in [0.05, 0.1) is 12.8 Å². The zero-order valence-electron chi connectivity index (χ0n) is 10.5. The van der Waals surface area contributed by atoms with E-state index in [9.17, 15) is 0 Å². The molecule has 0 aliphatic rings. The maximum Gasteiger partial charge on any atom is 0.145 e. The van der Waals surface area contributed by atoms with Gasteiger partial charge in [-0.3, -0.25) is 0 Å². The van der Waals surface area contributed by atoms with E-state index in [1.54, 1.807) is 7.11 Å². The number of benzene rings is 1. The highest BCUT2D eigenvalue weighted by Crippen LogP contribution is 2.31. The van der Waals surface area contributed by atoms with Gasteiger partial charge in [-0.05, 0) is 52.5 Å². The number of fused-ring (bicyclic) bond motifs is 1. The fourth-order valence-electron chi connectivity index (χ4n) is 1.83. The van der Waals surface area contributed by atoms with E-state index in [0.29, 0.717) is 5.92 Å². The van der Waals surface area contributed by atoms with Crippen molar-refractivity contribution < 1.29 is 4.74 Å². The number of rotatable bonds is 2. The molecule has 0 aliphatic carbocycles. The standard InChI is InChI=1S/C14H16BrNO/c1-8(2)10-5-11-6-12(15)9(3)16-14(11)13(7-10)17-4/h5-8H,1-4H3. The predicted molar refractivity (Wildman–Crippen MR) is 74.8 cm³/mol. The van der Waals surface area contributed by atoms with Crippen molar-refractivity contribution in [3.63, 3.8) is 0 Å². The molecular formula is C14H16BrNO. The molecule has 0 saturated carbocycles. The molecule has 0 fully saturated rings. The van der Waals surface area contributed by atoms with Crippen LogP contribution in [0.1, 0.15) is 31.0 Å². The first-order valence-corrected chi connectivity index (χ1v) is 6.47. The van der Waals surface area contributed by atoms with Gasteiger partial charge in [-0.25, -0.2) is 4.98 Å². The molecule has 0 radical (unpaired) electrons. The van der Waals surface area contributed by atoms with E-state index in [4.69, 9.17) is 4.74 Å². The molecule has 1 aromatic heterocycles. The molecule has 90 valence electrons. The lowest BCUT2D eigenvalue weighted by Crippen LogP contribution is -1.95. The molecule has 0 bridgehead atoms. The van der Waals surface area contributed by atoms with Gasteiger partial charge >= 0.3 is 0 Å². The number of aromatic nitrogens is 1. The third kappa shape index (κ3) is 2.29. The Morgan fingerprint density at radius 1 is 1.24 bits per heavy atom. The molecule has 3 heteroatoms. The minimum atomic E-state index is 0.480. The maximum absolute atomic E-state index is 5.44. The summed E-state index contributed by atoms with van der Waals surface area (Å²) in [6, 6.07) is 6.36. The fourth-order valence-corrected chi connectivity index (χ4v) is 2.17. The number of aryl methyl sites for hydroxylation is 1. The quantitative estimate of drug-likeness (QED) is 0.817. The van der Waals surface area contributed by atoms with Crippen molar-refractivity contribution >= 4 is 26.8 Å². The summed E-state index contributed by atoms with van der Waals surface area (Å²) in [5, 5.41) is 1.12. The lowest BCUT2D eigenvalue weighted by atomic mass is 10.0. The molecule has 1 heterocycles. The number of hydrogen-bond donors (Lipinski definition) is 0. The Bertz CT molecular complexity index is 564. The Kier molecular flexibility index (Phi) is 3.38. The summed E-state index contributed by atoms with van der Waals surface area (Å²) in [7, 11) is 1.69. The summed E-state index contributed by atoms with van der Waals surface area (Å²) in [5.74, 6) is 1.33. The van der Waals surface area contributed by atoms with E-state index in [1.807, 2.05) is 6.92 Å². The van der Waals surface area contributed by atoms with Crippen LogP contribution in [0.2, 0.25) is 0 Å². The van der Waals surface area contributed by atoms with Crippen molar-refractivity contribution in [3.05, 3.63) is 33.9 Å². The van der Waals surface area contributed by atoms with Crippen LogP contribution in [0.15, 0.2) is 22.7 Å². The van der Waals surface area contributed by atoms with E-state index in [0.717, 1.165) is 26.8 Å². The van der Waals surface area contributed by atoms with E-state index in [-0.39, 0.29) is 0 Å². The maximum atomic E-state index is 5.44. The van der Waals surface area contributed by atoms with Crippen LogP contribution in [-0.2, 0) is 0 Å². The summed E-state index contributed by atoms with van der Waals surface area (Å²) in [4.78, 5) is 4.57. The molecule has 0 N–H and O–H groups in total. The van der Waals surface area contributed by atoms with Crippen LogP contribution in [0, 0.1) is 6.92 Å². The SMILES string of the molecule is COc1cc(C(C)C)cc2cc(Br)c(C)nc12. The van der Waals surface area contributed by atoms with Gasteiger partial charge in [-0.1, -0.05) is 13.8 Å². The zero-order chi connectivity index (χ0) is 12.6. The van der Waals surface area contributed by atoms with E-state index in [1.165, 1.54) is 5.56 Å². The Morgan fingerprint density at radius 2 is 1.94 bits per heavy atom. The minimum Gasteiger partial charge on any atom is -0.494 e. The second-order valence-corrected chi connectivity index (χ2v) is 5.36. The van der Waals surface area contributed by atoms with Crippen LogP contribution in [0.5, 0.6) is 5.75 Å². The summed E-state index contributed by atoms with van der Waals surface area (Å²) in [6.07, 6.45) is 0. The molecular weight excluding hydrogens is 278 g/mol. The molecule has 2 rings (SSSR count). The summed E-state index contributed by atoms with van der Waals surface area (Å²) < 4.78 is 6.47. The largest absolute Gasteiger partial charge is 0.494 e. The highest BCUT2D eigenvalue weighted by atomic mass is 79.9. The van der Waals surface area contributed by atoms with Crippen LogP contribution in [0.25, 0.3) is 10.9 Å². The average molecular weight is 294 g/mol. The molecule has 2 nitrogen and oxygen atoms in total. The van der Waals surface area contributed by atoms with Crippen molar-refractivity contribution in [2.24, 2.45) is 0 Å². The molecule has 0 spiro atoms. The van der Waals surface area contributed by atoms with Gasteiger partial charge in [0.1, 0.15) is 11.3 Å². The topological polar surface area (TPSA) is 22.1 Å². The highest BCUT2D eigenvalue weighted by molar-refractivity contribution is 9.10. The van der Waals surface area contributed by atoms with Gasteiger partial charge in [0.2, 0.25) is 0 Å². The van der Waals surface area contributed by atoms with Crippen molar-refractivity contribution in [2.45, 2.75) is 26.7 Å². The molecule has 0 saturated heterocycles. The third-order valence-electron chi connectivity index (χ3n) is 2.92. The van der Waals surface area contributed by atoms with Crippen molar-refractivity contribution in [3.8, 4) is 5.75 Å². The normalized spacial score (nSPS) is 11.2. The van der Waals surface area contributed by atoms with Crippen LogP contribution >= 0.6 is 15.9 Å². The van der Waals surface area contributed by atoms with Crippen LogP contribution in [-0.4, -0.2) is 12.1 Å². The highest BCUT2D eigenvalue weighted by Gasteiger charge is 2.10. The van der Waals surface area contributed by atoms with Crippen molar-refractivity contribution in [1.82, 2.24) is 4.98 Å². The minimum absolute atomic E-state index is 0.480. The number of ether oxygens (including phenoxy) is 1. The monoisotopic (exact) mass is 293 g/mol. The zero-order valence-corrected chi connectivity index (χ0v) is 12.1. The van der Waals surface area contributed by atoms with Gasteiger partial charge in [0.15, 0.2) is 0 Å². The van der Waals surface area contributed by atoms with E-state index < -0.39 is 0 Å². The molecule has 1 aromatic carbocycles. The van der Waals surface area contributed by atoms with Gasteiger partial charge in [0.25, 0.3) is 0 Å². The van der Waals surface area contributed by atoms with Gasteiger partial charge in [0, 0.05) is 9.86 Å². The molecule has 0 atom stereocenters. The second-order valence-electron chi connectivity index (χ2n) is 4.51. The van der Waals surface area contributed by atoms with Gasteiger partial charge in [-0.2, -0.15) is 0 Å². The number of halogens is 1. The van der Waals surface area contributed by atoms with E-state index >= 15 is 0 Å². The molecule has 17 heavy (non-hydrogen) atoms. The predicted octanol–water partition coefficient (Wildman–Crippen LogP) is 4.44.